The molecular weight excluding hydrogens is 450 g/mol. The summed E-state index contributed by atoms with van der Waals surface area (Å²) in [6.45, 7) is 0. The number of rotatable bonds is 6. The van der Waals surface area contributed by atoms with Gasteiger partial charge in [-0.05, 0) is 12.8 Å². The fourth-order valence-corrected chi connectivity index (χ4v) is 4.61. The van der Waals surface area contributed by atoms with Crippen molar-refractivity contribution < 1.29 is 24.7 Å². The minimum Gasteiger partial charge on any atom is -0.477 e. The summed E-state index contributed by atoms with van der Waals surface area (Å²) in [5.74, 6) is -2.95. The lowest BCUT2D eigenvalue weighted by molar-refractivity contribution is -0.155. The van der Waals surface area contributed by atoms with Crippen LogP contribution in [0.1, 0.15) is 18.7 Å². The van der Waals surface area contributed by atoms with Crippen molar-refractivity contribution in [2.24, 2.45) is 5.16 Å². The highest BCUT2D eigenvalue weighted by Gasteiger charge is 2.54. The third-order valence-electron chi connectivity index (χ3n) is 4.53. The van der Waals surface area contributed by atoms with Gasteiger partial charge in [-0.1, -0.05) is 16.9 Å². The second-order valence-electron chi connectivity index (χ2n) is 6.27. The lowest BCUT2D eigenvalue weighted by atomic mass is 9.86. The largest absolute Gasteiger partial charge is 0.477 e. The van der Waals surface area contributed by atoms with Gasteiger partial charge in [0.2, 0.25) is 11.5 Å². The number of aromatic nitrogens is 5. The van der Waals surface area contributed by atoms with Crippen LogP contribution in [0.2, 0.25) is 0 Å². The smallest absolute Gasteiger partial charge is 0.353 e. The first-order valence-corrected chi connectivity index (χ1v) is 10.2. The Hall–Kier alpha value is -3.66. The molecule has 0 unspecified atom stereocenters. The molecule has 0 aliphatic carbocycles. The van der Waals surface area contributed by atoms with Crippen LogP contribution in [0.4, 0.5) is 5.13 Å². The zero-order valence-corrected chi connectivity index (χ0v) is 17.0. The quantitative estimate of drug-likeness (QED) is 0.177. The third-order valence-corrected chi connectivity index (χ3v) is 6.11. The number of fused-ring (bicyclic) bond motifs is 1. The SMILES string of the molecule is Nc1nc(/C(=N/O)C(=O)N[C@@H]2C(=O)N3C(C(=O)O)=C(Sc4ncncn4)CC[C@H]23)ns1. The molecule has 2 aliphatic heterocycles. The average Bonchev–Trinajstić information content (AvgIpc) is 3.18. The van der Waals surface area contributed by atoms with Crippen LogP contribution in [0.25, 0.3) is 0 Å². The lowest BCUT2D eigenvalue weighted by Crippen LogP contribution is -2.72. The van der Waals surface area contributed by atoms with Crippen molar-refractivity contribution in [3.05, 3.63) is 29.1 Å². The minimum absolute atomic E-state index is 0.0709. The highest BCUT2D eigenvalue weighted by molar-refractivity contribution is 8.03. The molecule has 4 rings (SSSR count). The normalized spacial score (nSPS) is 20.8. The van der Waals surface area contributed by atoms with Gasteiger partial charge in [-0.25, -0.2) is 19.7 Å². The fraction of sp³-hybridized carbons (Fsp3) is 0.267. The molecule has 5 N–H and O–H groups in total. The van der Waals surface area contributed by atoms with E-state index in [-0.39, 0.29) is 16.7 Å². The first-order valence-electron chi connectivity index (χ1n) is 8.62. The van der Waals surface area contributed by atoms with E-state index in [0.29, 0.717) is 22.9 Å². The second-order valence-corrected chi connectivity index (χ2v) is 8.12. The van der Waals surface area contributed by atoms with Crippen LogP contribution >= 0.6 is 23.3 Å². The number of hydrogen-bond donors (Lipinski definition) is 4. The summed E-state index contributed by atoms with van der Waals surface area (Å²) in [4.78, 5) is 54.0. The lowest BCUT2D eigenvalue weighted by Gasteiger charge is -2.49. The van der Waals surface area contributed by atoms with Crippen LogP contribution in [-0.4, -0.2) is 75.1 Å². The highest BCUT2D eigenvalue weighted by atomic mass is 32.2. The number of nitrogens with zero attached hydrogens (tertiary/aromatic N) is 7. The van der Waals surface area contributed by atoms with Crippen LogP contribution in [0, 0.1) is 0 Å². The van der Waals surface area contributed by atoms with E-state index in [9.17, 15) is 19.5 Å². The summed E-state index contributed by atoms with van der Waals surface area (Å²) in [5.41, 5.74) is 4.79. The van der Waals surface area contributed by atoms with Crippen LogP contribution in [0.15, 0.2) is 33.6 Å². The Morgan fingerprint density at radius 1 is 1.35 bits per heavy atom. The van der Waals surface area contributed by atoms with Crippen LogP contribution in [0.3, 0.4) is 0 Å². The predicted molar refractivity (Wildman–Crippen MR) is 105 cm³/mol. The van der Waals surface area contributed by atoms with Gasteiger partial charge in [0.15, 0.2) is 10.3 Å². The van der Waals surface area contributed by atoms with E-state index < -0.39 is 35.6 Å². The van der Waals surface area contributed by atoms with Gasteiger partial charge in [0, 0.05) is 16.4 Å². The molecule has 31 heavy (non-hydrogen) atoms. The van der Waals surface area contributed by atoms with Crippen molar-refractivity contribution in [3.63, 3.8) is 0 Å². The summed E-state index contributed by atoms with van der Waals surface area (Å²) in [7, 11) is 0. The van der Waals surface area contributed by atoms with Gasteiger partial charge in [-0.15, -0.1) is 0 Å². The van der Waals surface area contributed by atoms with Gasteiger partial charge in [0.25, 0.3) is 11.8 Å². The number of allylic oxidation sites excluding steroid dienone is 1. The molecule has 0 saturated carbocycles. The Morgan fingerprint density at radius 2 is 2.10 bits per heavy atom. The number of thioether (sulfide) groups is 1. The van der Waals surface area contributed by atoms with Crippen molar-refractivity contribution in [3.8, 4) is 0 Å². The van der Waals surface area contributed by atoms with Crippen molar-refractivity contribution in [2.75, 3.05) is 5.73 Å². The number of amides is 2. The maximum atomic E-state index is 12.7. The van der Waals surface area contributed by atoms with Crippen LogP contribution in [-0.2, 0) is 14.4 Å². The molecule has 2 aromatic rings. The maximum absolute atomic E-state index is 12.7. The molecule has 14 nitrogen and oxygen atoms in total. The van der Waals surface area contributed by atoms with E-state index >= 15 is 0 Å². The monoisotopic (exact) mass is 463 g/mol. The first kappa shape index (κ1) is 20.6. The number of β-lactam (4-membered cyclic amide) rings is 1. The van der Waals surface area contributed by atoms with Gasteiger partial charge < -0.3 is 21.4 Å². The number of hydrogen-bond acceptors (Lipinski definition) is 13. The van der Waals surface area contributed by atoms with E-state index in [1.807, 2.05) is 0 Å². The summed E-state index contributed by atoms with van der Waals surface area (Å²) in [6.07, 6.45) is 3.30. The van der Waals surface area contributed by atoms with Gasteiger partial charge in [-0.3, -0.25) is 14.5 Å². The molecule has 16 heteroatoms. The number of carbonyl (C=O) groups is 3. The van der Waals surface area contributed by atoms with Gasteiger partial charge in [-0.2, -0.15) is 9.36 Å². The first-order chi connectivity index (χ1) is 14.9. The molecule has 0 bridgehead atoms. The predicted octanol–water partition coefficient (Wildman–Crippen LogP) is -0.939. The molecule has 4 heterocycles. The number of carboxylic acid groups (broad SMARTS) is 1. The molecule has 0 aromatic carbocycles. The molecule has 0 spiro atoms. The number of anilines is 1. The van der Waals surface area contributed by atoms with Crippen molar-refractivity contribution in [2.45, 2.75) is 30.1 Å². The topological polar surface area (TPSA) is 210 Å². The molecule has 1 fully saturated rings. The number of nitrogens with one attached hydrogen (secondary N) is 1. The Labute approximate surface area is 181 Å². The summed E-state index contributed by atoms with van der Waals surface area (Å²) < 4.78 is 3.80. The Bertz CT molecular complexity index is 1120. The van der Waals surface area contributed by atoms with E-state index in [0.717, 1.165) is 28.2 Å². The molecule has 2 aromatic heterocycles. The molecule has 2 aliphatic rings. The van der Waals surface area contributed by atoms with Crippen LogP contribution < -0.4 is 11.1 Å². The summed E-state index contributed by atoms with van der Waals surface area (Å²) in [5, 5.41) is 24.6. The van der Waals surface area contributed by atoms with E-state index in [1.54, 1.807) is 0 Å². The number of carboxylic acids is 1. The zero-order chi connectivity index (χ0) is 22.1. The van der Waals surface area contributed by atoms with Crippen molar-refractivity contribution >= 4 is 51.9 Å². The second kappa shape index (κ2) is 8.23. The van der Waals surface area contributed by atoms with Gasteiger partial charge >= 0.3 is 5.97 Å². The number of nitrogens with two attached hydrogens (primary N) is 1. The van der Waals surface area contributed by atoms with Crippen molar-refractivity contribution in [1.29, 1.82) is 0 Å². The summed E-state index contributed by atoms with van der Waals surface area (Å²) in [6, 6.07) is -1.56. The van der Waals surface area contributed by atoms with E-state index in [4.69, 9.17) is 10.9 Å². The average molecular weight is 463 g/mol. The number of oxime groups is 1. The van der Waals surface area contributed by atoms with E-state index in [2.05, 4.69) is 34.8 Å². The Balaban J connectivity index is 1.52. The zero-order valence-electron chi connectivity index (χ0n) is 15.4. The Kier molecular flexibility index (Phi) is 5.47. The van der Waals surface area contributed by atoms with Gasteiger partial charge in [0.1, 0.15) is 24.4 Å². The molecular formula is C15H13N9O5S2. The standard InChI is InChI=1S/C15H13N9O5S2/c16-14-21-10(23-31-14)8(22-29)11(25)20-7-5-1-2-6(30-15-18-3-17-4-19-15)9(13(27)28)24(5)12(7)26/h3-5,7,29H,1-2H2,(H,20,25)(H,27,28)(H2,16,21,23)/b22-8-/t5-,7+/m1/s1. The number of carbonyl (C=O) groups excluding carboxylic acids is 2. The molecule has 2 amide bonds. The third kappa shape index (κ3) is 3.77. The number of aliphatic carboxylic acids is 1. The highest BCUT2D eigenvalue weighted by Crippen LogP contribution is 2.42. The Morgan fingerprint density at radius 3 is 2.71 bits per heavy atom. The fourth-order valence-electron chi connectivity index (χ4n) is 3.25. The molecule has 2 atom stereocenters. The van der Waals surface area contributed by atoms with Gasteiger partial charge in [0.05, 0.1) is 6.04 Å². The number of nitrogen functional groups attached to an aromatic ring is 1. The summed E-state index contributed by atoms with van der Waals surface area (Å²) >= 11 is 1.85. The minimum atomic E-state index is -1.28. The maximum Gasteiger partial charge on any atom is 0.353 e. The van der Waals surface area contributed by atoms with Crippen molar-refractivity contribution in [1.82, 2.24) is 34.5 Å². The molecule has 160 valence electrons. The molecule has 0 radical (unpaired) electrons. The van der Waals surface area contributed by atoms with E-state index in [1.165, 1.54) is 12.7 Å². The molecule has 1 saturated heterocycles. The van der Waals surface area contributed by atoms with Crippen LogP contribution in [0.5, 0.6) is 0 Å².